The smallest absolute Gasteiger partial charge is 0.274 e. The van der Waals surface area contributed by atoms with E-state index in [1.807, 2.05) is 11.0 Å². The van der Waals surface area contributed by atoms with Crippen LogP contribution in [0.4, 0.5) is 0 Å². The number of amides is 1. The third-order valence-electron chi connectivity index (χ3n) is 5.30. The zero-order valence-electron chi connectivity index (χ0n) is 15.2. The Kier molecular flexibility index (Phi) is 4.05. The first-order valence-electron chi connectivity index (χ1n) is 9.07. The van der Waals surface area contributed by atoms with E-state index in [9.17, 15) is 4.79 Å². The van der Waals surface area contributed by atoms with Crippen LogP contribution in [-0.2, 0) is 6.42 Å². The molecule has 0 saturated carbocycles. The Hall–Kier alpha value is -2.93. The quantitative estimate of drug-likeness (QED) is 0.463. The van der Waals surface area contributed by atoms with Crippen molar-refractivity contribution >= 4 is 27.5 Å². The molecule has 1 aromatic carbocycles. The van der Waals surface area contributed by atoms with Gasteiger partial charge in [-0.3, -0.25) is 4.79 Å². The second-order valence-electron chi connectivity index (χ2n) is 6.95. The summed E-state index contributed by atoms with van der Waals surface area (Å²) >= 11 is 3.38. The maximum atomic E-state index is 13.2. The molecule has 7 heteroatoms. The first kappa shape index (κ1) is 17.2. The standard InChI is InChI=1S/C21H17BrN4O2/c1-13-18-8-15(16-5-7-28-12-16)3-2-14(18)4-6-25(13)21(27)19-9-20-23-10-17(22)11-26(20)24-19/h2-3,5,7-13H,4,6H2,1H3. The van der Waals surface area contributed by atoms with Crippen molar-refractivity contribution in [2.75, 3.05) is 6.54 Å². The molecule has 140 valence electrons. The molecule has 1 unspecified atom stereocenters. The van der Waals surface area contributed by atoms with Gasteiger partial charge >= 0.3 is 0 Å². The highest BCUT2D eigenvalue weighted by atomic mass is 79.9. The van der Waals surface area contributed by atoms with Gasteiger partial charge in [-0.1, -0.05) is 12.1 Å². The average molecular weight is 437 g/mol. The third-order valence-corrected chi connectivity index (χ3v) is 5.71. The lowest BCUT2D eigenvalue weighted by Crippen LogP contribution is -2.39. The molecule has 0 aliphatic carbocycles. The Labute approximate surface area is 169 Å². The SMILES string of the molecule is CC1c2cc(-c3ccoc3)ccc2CCN1C(=O)c1cc2ncc(Br)cn2n1. The van der Waals surface area contributed by atoms with Crippen LogP contribution in [0, 0.1) is 0 Å². The summed E-state index contributed by atoms with van der Waals surface area (Å²) < 4.78 is 7.65. The van der Waals surface area contributed by atoms with Gasteiger partial charge < -0.3 is 9.32 Å². The second-order valence-corrected chi connectivity index (χ2v) is 7.87. The molecule has 5 rings (SSSR count). The molecule has 1 atom stereocenters. The second kappa shape index (κ2) is 6.60. The van der Waals surface area contributed by atoms with Crippen LogP contribution in [0.1, 0.15) is 34.6 Å². The molecule has 0 saturated heterocycles. The Bertz CT molecular complexity index is 1180. The summed E-state index contributed by atoms with van der Waals surface area (Å²) in [5, 5.41) is 4.42. The number of furan rings is 1. The van der Waals surface area contributed by atoms with Gasteiger partial charge in [0.2, 0.25) is 0 Å². The van der Waals surface area contributed by atoms with Gasteiger partial charge in [0.25, 0.3) is 5.91 Å². The fraction of sp³-hybridized carbons (Fsp3) is 0.190. The fourth-order valence-corrected chi connectivity index (χ4v) is 4.10. The van der Waals surface area contributed by atoms with Crippen LogP contribution in [0.25, 0.3) is 16.8 Å². The summed E-state index contributed by atoms with van der Waals surface area (Å²) in [6, 6.07) is 10.1. The van der Waals surface area contributed by atoms with Crippen molar-refractivity contribution in [3.63, 3.8) is 0 Å². The summed E-state index contributed by atoms with van der Waals surface area (Å²) in [4.78, 5) is 19.4. The van der Waals surface area contributed by atoms with Crippen LogP contribution < -0.4 is 0 Å². The Morgan fingerprint density at radius 1 is 1.25 bits per heavy atom. The van der Waals surface area contributed by atoms with Crippen LogP contribution in [0.3, 0.4) is 0 Å². The summed E-state index contributed by atoms with van der Waals surface area (Å²) in [6.45, 7) is 2.74. The van der Waals surface area contributed by atoms with Crippen molar-refractivity contribution in [3.8, 4) is 11.1 Å². The number of fused-ring (bicyclic) bond motifs is 2. The maximum Gasteiger partial charge on any atom is 0.274 e. The number of carbonyl (C=O) groups excluding carboxylic acids is 1. The summed E-state index contributed by atoms with van der Waals surface area (Å²) in [5.41, 5.74) is 5.64. The molecule has 1 aliphatic rings. The highest BCUT2D eigenvalue weighted by Crippen LogP contribution is 2.34. The zero-order chi connectivity index (χ0) is 19.3. The van der Waals surface area contributed by atoms with E-state index in [-0.39, 0.29) is 11.9 Å². The van der Waals surface area contributed by atoms with Crippen LogP contribution in [0.5, 0.6) is 0 Å². The number of carbonyl (C=O) groups is 1. The van der Waals surface area contributed by atoms with Crippen LogP contribution in [-0.4, -0.2) is 31.9 Å². The van der Waals surface area contributed by atoms with Crippen LogP contribution in [0.2, 0.25) is 0 Å². The van der Waals surface area contributed by atoms with Gasteiger partial charge in [-0.15, -0.1) is 0 Å². The molecule has 28 heavy (non-hydrogen) atoms. The van der Waals surface area contributed by atoms with E-state index in [0.717, 1.165) is 22.0 Å². The summed E-state index contributed by atoms with van der Waals surface area (Å²) in [6.07, 6.45) is 7.73. The lowest BCUT2D eigenvalue weighted by atomic mass is 9.90. The summed E-state index contributed by atoms with van der Waals surface area (Å²) in [5.74, 6) is -0.0755. The van der Waals surface area contributed by atoms with Gasteiger partial charge in [-0.2, -0.15) is 5.10 Å². The van der Waals surface area contributed by atoms with E-state index in [2.05, 4.69) is 51.1 Å². The predicted molar refractivity (Wildman–Crippen MR) is 108 cm³/mol. The Balaban J connectivity index is 1.48. The highest BCUT2D eigenvalue weighted by Gasteiger charge is 2.30. The van der Waals surface area contributed by atoms with Crippen LogP contribution in [0.15, 0.2) is 64.1 Å². The lowest BCUT2D eigenvalue weighted by Gasteiger charge is -2.35. The normalized spacial score (nSPS) is 16.4. The van der Waals surface area contributed by atoms with Gasteiger partial charge in [0.1, 0.15) is 0 Å². The predicted octanol–water partition coefficient (Wildman–Crippen LogP) is 4.51. The van der Waals surface area contributed by atoms with Crippen molar-refractivity contribution in [1.82, 2.24) is 19.5 Å². The number of rotatable bonds is 2. The molecule has 1 amide bonds. The van der Waals surface area contributed by atoms with E-state index >= 15 is 0 Å². The fourth-order valence-electron chi connectivity index (χ4n) is 3.81. The minimum Gasteiger partial charge on any atom is -0.472 e. The van der Waals surface area contributed by atoms with Gasteiger partial charge in [0.05, 0.1) is 23.0 Å². The molecular formula is C21H17BrN4O2. The molecule has 4 heterocycles. The average Bonchev–Trinajstić information content (AvgIpc) is 3.37. The van der Waals surface area contributed by atoms with Crippen LogP contribution >= 0.6 is 15.9 Å². The third kappa shape index (κ3) is 2.82. The van der Waals surface area contributed by atoms with Crippen molar-refractivity contribution in [2.45, 2.75) is 19.4 Å². The zero-order valence-corrected chi connectivity index (χ0v) is 16.8. The van der Waals surface area contributed by atoms with E-state index < -0.39 is 0 Å². The van der Waals surface area contributed by atoms with Crippen molar-refractivity contribution in [1.29, 1.82) is 0 Å². The van der Waals surface area contributed by atoms with Gasteiger partial charge in [0.15, 0.2) is 11.3 Å². The number of nitrogens with zero attached hydrogens (tertiary/aromatic N) is 4. The number of benzene rings is 1. The van der Waals surface area contributed by atoms with E-state index in [4.69, 9.17) is 4.42 Å². The number of hydrogen-bond acceptors (Lipinski definition) is 4. The molecule has 0 N–H and O–H groups in total. The van der Waals surface area contributed by atoms with Crippen molar-refractivity contribution in [2.24, 2.45) is 0 Å². The summed E-state index contributed by atoms with van der Waals surface area (Å²) in [7, 11) is 0. The van der Waals surface area contributed by atoms with Gasteiger partial charge in [0, 0.05) is 30.6 Å². The molecule has 1 aliphatic heterocycles. The number of halogens is 1. The molecule has 0 fully saturated rings. The lowest BCUT2D eigenvalue weighted by molar-refractivity contribution is 0.0671. The van der Waals surface area contributed by atoms with E-state index in [1.54, 1.807) is 35.5 Å². The maximum absolute atomic E-state index is 13.2. The van der Waals surface area contributed by atoms with Crippen molar-refractivity contribution < 1.29 is 9.21 Å². The van der Waals surface area contributed by atoms with E-state index in [1.165, 1.54) is 11.1 Å². The van der Waals surface area contributed by atoms with E-state index in [0.29, 0.717) is 17.9 Å². The first-order valence-corrected chi connectivity index (χ1v) is 9.87. The molecule has 0 bridgehead atoms. The monoisotopic (exact) mass is 436 g/mol. The van der Waals surface area contributed by atoms with Crippen molar-refractivity contribution in [3.05, 3.63) is 76.5 Å². The van der Waals surface area contributed by atoms with Gasteiger partial charge in [-0.25, -0.2) is 9.50 Å². The highest BCUT2D eigenvalue weighted by molar-refractivity contribution is 9.10. The van der Waals surface area contributed by atoms with Gasteiger partial charge in [-0.05, 0) is 58.1 Å². The largest absolute Gasteiger partial charge is 0.472 e. The Morgan fingerprint density at radius 3 is 2.96 bits per heavy atom. The number of hydrogen-bond donors (Lipinski definition) is 0. The molecule has 0 spiro atoms. The topological polar surface area (TPSA) is 63.6 Å². The molecule has 0 radical (unpaired) electrons. The molecular weight excluding hydrogens is 420 g/mol. The minimum absolute atomic E-state index is 0.0346. The minimum atomic E-state index is -0.0755. The Morgan fingerprint density at radius 2 is 2.14 bits per heavy atom. The first-order chi connectivity index (χ1) is 13.6. The molecule has 4 aromatic rings. The number of aromatic nitrogens is 3. The molecule has 3 aromatic heterocycles. The molecule has 6 nitrogen and oxygen atoms in total.